The summed E-state index contributed by atoms with van der Waals surface area (Å²) < 4.78 is 0. The van der Waals surface area contributed by atoms with Crippen LogP contribution in [0.3, 0.4) is 0 Å². The lowest BCUT2D eigenvalue weighted by Crippen LogP contribution is -2.52. The molecule has 1 saturated heterocycles. The van der Waals surface area contributed by atoms with Crippen LogP contribution in [0.2, 0.25) is 0 Å². The van der Waals surface area contributed by atoms with E-state index in [2.05, 4.69) is 17.9 Å². The first-order valence-electron chi connectivity index (χ1n) is 7.47. The fraction of sp³-hybridized carbons (Fsp3) is 0.933. The van der Waals surface area contributed by atoms with Gasteiger partial charge in [-0.3, -0.25) is 4.90 Å². The molecule has 17 heavy (non-hydrogen) atoms. The van der Waals surface area contributed by atoms with E-state index in [9.17, 15) is 5.26 Å². The van der Waals surface area contributed by atoms with Crippen molar-refractivity contribution in [2.24, 2.45) is 5.92 Å². The normalized spacial score (nSPS) is 35.4. The van der Waals surface area contributed by atoms with Gasteiger partial charge in [-0.25, -0.2) is 0 Å². The van der Waals surface area contributed by atoms with Gasteiger partial charge in [-0.15, -0.1) is 0 Å². The minimum absolute atomic E-state index is 0.0926. The SMILES string of the molecule is CCCC1CCC(C#N)(N2CCCCC2)CC1. The molecule has 2 rings (SSSR count). The largest absolute Gasteiger partial charge is 0.286 e. The molecule has 0 bridgehead atoms. The van der Waals surface area contributed by atoms with Gasteiger partial charge in [-0.1, -0.05) is 26.2 Å². The van der Waals surface area contributed by atoms with E-state index in [0.29, 0.717) is 0 Å². The van der Waals surface area contributed by atoms with E-state index in [0.717, 1.165) is 31.8 Å². The van der Waals surface area contributed by atoms with E-state index in [1.54, 1.807) is 0 Å². The zero-order valence-electron chi connectivity index (χ0n) is 11.2. The minimum atomic E-state index is -0.0926. The second-order valence-corrected chi connectivity index (χ2v) is 5.92. The van der Waals surface area contributed by atoms with Crippen molar-refractivity contribution in [2.75, 3.05) is 13.1 Å². The molecule has 96 valence electrons. The molecule has 2 nitrogen and oxygen atoms in total. The van der Waals surface area contributed by atoms with E-state index in [-0.39, 0.29) is 5.54 Å². The molecule has 2 aliphatic rings. The minimum Gasteiger partial charge on any atom is -0.286 e. The Labute approximate surface area is 106 Å². The van der Waals surface area contributed by atoms with Crippen LogP contribution in [0.15, 0.2) is 0 Å². The fourth-order valence-electron chi connectivity index (χ4n) is 3.67. The van der Waals surface area contributed by atoms with Crippen LogP contribution < -0.4 is 0 Å². The lowest BCUT2D eigenvalue weighted by Gasteiger charge is -2.45. The molecule has 0 amide bonds. The third kappa shape index (κ3) is 2.83. The Bertz CT molecular complexity index is 265. The molecule has 1 saturated carbocycles. The van der Waals surface area contributed by atoms with Gasteiger partial charge in [0.15, 0.2) is 0 Å². The molecule has 2 fully saturated rings. The number of hydrogen-bond acceptors (Lipinski definition) is 2. The van der Waals surface area contributed by atoms with Crippen molar-refractivity contribution in [3.8, 4) is 6.07 Å². The van der Waals surface area contributed by atoms with Crippen molar-refractivity contribution in [1.29, 1.82) is 5.26 Å². The van der Waals surface area contributed by atoms with Crippen LogP contribution in [0.1, 0.15) is 64.7 Å². The highest BCUT2D eigenvalue weighted by molar-refractivity contribution is 5.10. The maximum Gasteiger partial charge on any atom is 0.109 e. The zero-order valence-corrected chi connectivity index (χ0v) is 11.2. The van der Waals surface area contributed by atoms with Crippen LogP contribution >= 0.6 is 0 Å². The van der Waals surface area contributed by atoms with Crippen LogP contribution in [0.25, 0.3) is 0 Å². The second kappa shape index (κ2) is 5.87. The van der Waals surface area contributed by atoms with Crippen molar-refractivity contribution in [2.45, 2.75) is 70.3 Å². The van der Waals surface area contributed by atoms with Crippen LogP contribution in [0, 0.1) is 17.2 Å². The number of likely N-dealkylation sites (tertiary alicyclic amines) is 1. The molecule has 0 aromatic carbocycles. The van der Waals surface area contributed by atoms with Crippen molar-refractivity contribution in [3.05, 3.63) is 0 Å². The first-order valence-corrected chi connectivity index (χ1v) is 7.47. The van der Waals surface area contributed by atoms with Crippen LogP contribution in [-0.2, 0) is 0 Å². The molecule has 1 aliphatic carbocycles. The van der Waals surface area contributed by atoms with Gasteiger partial charge in [-0.2, -0.15) is 5.26 Å². The van der Waals surface area contributed by atoms with Gasteiger partial charge in [0.2, 0.25) is 0 Å². The van der Waals surface area contributed by atoms with E-state index >= 15 is 0 Å². The zero-order chi connectivity index (χ0) is 12.1. The average molecular weight is 234 g/mol. The average Bonchev–Trinajstić information content (AvgIpc) is 2.41. The van der Waals surface area contributed by atoms with E-state index in [1.165, 1.54) is 44.9 Å². The summed E-state index contributed by atoms with van der Waals surface area (Å²) in [6.45, 7) is 4.59. The topological polar surface area (TPSA) is 27.0 Å². The van der Waals surface area contributed by atoms with Crippen molar-refractivity contribution < 1.29 is 0 Å². The molecular weight excluding hydrogens is 208 g/mol. The maximum absolute atomic E-state index is 9.62. The quantitative estimate of drug-likeness (QED) is 0.744. The molecule has 0 atom stereocenters. The highest BCUT2D eigenvalue weighted by atomic mass is 15.2. The predicted octanol–water partition coefficient (Wildman–Crippen LogP) is 3.72. The number of rotatable bonds is 3. The van der Waals surface area contributed by atoms with Gasteiger partial charge in [0, 0.05) is 0 Å². The summed E-state index contributed by atoms with van der Waals surface area (Å²) >= 11 is 0. The molecule has 0 spiro atoms. The standard InChI is InChI=1S/C15H26N2/c1-2-6-14-7-9-15(13-16,10-8-14)17-11-4-3-5-12-17/h14H,2-12H2,1H3. The second-order valence-electron chi connectivity index (χ2n) is 5.92. The molecule has 0 N–H and O–H groups in total. The summed E-state index contributed by atoms with van der Waals surface area (Å²) in [5, 5.41) is 9.62. The molecule has 1 aliphatic heterocycles. The number of hydrogen-bond donors (Lipinski definition) is 0. The van der Waals surface area contributed by atoms with Gasteiger partial charge in [-0.05, 0) is 57.5 Å². The Kier molecular flexibility index (Phi) is 4.45. The molecule has 2 heteroatoms. The predicted molar refractivity (Wildman–Crippen MR) is 70.6 cm³/mol. The van der Waals surface area contributed by atoms with Gasteiger partial charge in [0.1, 0.15) is 5.54 Å². The molecular formula is C15H26N2. The Balaban J connectivity index is 1.95. The Hall–Kier alpha value is -0.550. The Morgan fingerprint density at radius 2 is 1.82 bits per heavy atom. The third-order valence-electron chi connectivity index (χ3n) is 4.80. The first-order chi connectivity index (χ1) is 8.30. The van der Waals surface area contributed by atoms with E-state index < -0.39 is 0 Å². The number of nitriles is 1. The van der Waals surface area contributed by atoms with Crippen molar-refractivity contribution >= 4 is 0 Å². The van der Waals surface area contributed by atoms with Crippen molar-refractivity contribution in [3.63, 3.8) is 0 Å². The van der Waals surface area contributed by atoms with Crippen molar-refractivity contribution in [1.82, 2.24) is 4.90 Å². The molecule has 0 radical (unpaired) electrons. The molecule has 1 heterocycles. The lowest BCUT2D eigenvalue weighted by atomic mass is 9.74. The summed E-state index contributed by atoms with van der Waals surface area (Å²) in [4.78, 5) is 2.50. The van der Waals surface area contributed by atoms with Gasteiger partial charge >= 0.3 is 0 Å². The van der Waals surface area contributed by atoms with Crippen LogP contribution in [0.4, 0.5) is 0 Å². The smallest absolute Gasteiger partial charge is 0.109 e. The Morgan fingerprint density at radius 1 is 1.18 bits per heavy atom. The number of piperidine rings is 1. The summed E-state index contributed by atoms with van der Waals surface area (Å²) in [6, 6.07) is 2.68. The fourth-order valence-corrected chi connectivity index (χ4v) is 3.67. The van der Waals surface area contributed by atoms with Gasteiger partial charge in [0.25, 0.3) is 0 Å². The summed E-state index contributed by atoms with van der Waals surface area (Å²) in [6.07, 6.45) is 11.4. The maximum atomic E-state index is 9.62. The summed E-state index contributed by atoms with van der Waals surface area (Å²) in [5.41, 5.74) is -0.0926. The van der Waals surface area contributed by atoms with Gasteiger partial charge in [0.05, 0.1) is 6.07 Å². The molecule has 0 aromatic heterocycles. The first kappa shape index (κ1) is 12.9. The monoisotopic (exact) mass is 234 g/mol. The third-order valence-corrected chi connectivity index (χ3v) is 4.80. The summed E-state index contributed by atoms with van der Waals surface area (Å²) in [7, 11) is 0. The summed E-state index contributed by atoms with van der Waals surface area (Å²) in [5.74, 6) is 0.895. The van der Waals surface area contributed by atoms with Crippen LogP contribution in [-0.4, -0.2) is 23.5 Å². The molecule has 0 aromatic rings. The lowest BCUT2D eigenvalue weighted by molar-refractivity contribution is 0.0618. The highest BCUT2D eigenvalue weighted by Gasteiger charge is 2.40. The van der Waals surface area contributed by atoms with Gasteiger partial charge < -0.3 is 0 Å². The van der Waals surface area contributed by atoms with Crippen LogP contribution in [0.5, 0.6) is 0 Å². The van der Waals surface area contributed by atoms with E-state index in [4.69, 9.17) is 0 Å². The van der Waals surface area contributed by atoms with E-state index in [1.807, 2.05) is 0 Å². The highest BCUT2D eigenvalue weighted by Crippen LogP contribution is 2.39. The molecule has 0 unspecified atom stereocenters. The number of nitrogens with zero attached hydrogens (tertiary/aromatic N) is 2. The Morgan fingerprint density at radius 3 is 2.35 bits per heavy atom.